The summed E-state index contributed by atoms with van der Waals surface area (Å²) in [4.78, 5) is 7.21. The predicted molar refractivity (Wildman–Crippen MR) is 65.9 cm³/mol. The molecule has 0 radical (unpaired) electrons. The number of rotatable bonds is 2. The summed E-state index contributed by atoms with van der Waals surface area (Å²) in [6.45, 7) is 0. The van der Waals surface area contributed by atoms with E-state index in [9.17, 15) is 5.11 Å². The van der Waals surface area contributed by atoms with Crippen LogP contribution in [0.1, 0.15) is 23.2 Å². The van der Waals surface area contributed by atoms with Gasteiger partial charge in [0, 0.05) is 11.9 Å². The highest BCUT2D eigenvalue weighted by atomic mass is 16.3. The van der Waals surface area contributed by atoms with E-state index in [0.29, 0.717) is 11.7 Å². The van der Waals surface area contributed by atoms with Gasteiger partial charge in [-0.2, -0.15) is 0 Å². The van der Waals surface area contributed by atoms with Crippen LogP contribution >= 0.6 is 0 Å². The zero-order valence-corrected chi connectivity index (χ0v) is 9.69. The molecule has 2 aromatic rings. The van der Waals surface area contributed by atoms with Crippen molar-refractivity contribution in [2.24, 2.45) is 5.92 Å². The van der Waals surface area contributed by atoms with E-state index >= 15 is 0 Å². The van der Waals surface area contributed by atoms with E-state index < -0.39 is 0 Å². The Morgan fingerprint density at radius 3 is 3.18 bits per heavy atom. The van der Waals surface area contributed by atoms with Crippen LogP contribution in [0.4, 0.5) is 0 Å². The predicted octanol–water partition coefficient (Wildman–Crippen LogP) is 2.46. The molecule has 1 aromatic carbocycles. The van der Waals surface area contributed by atoms with Crippen LogP contribution in [0.25, 0.3) is 0 Å². The van der Waals surface area contributed by atoms with Gasteiger partial charge in [0.25, 0.3) is 0 Å². The summed E-state index contributed by atoms with van der Waals surface area (Å²) in [5.41, 5.74) is 3.66. The van der Waals surface area contributed by atoms with E-state index in [1.165, 1.54) is 11.3 Å². The van der Waals surface area contributed by atoms with Gasteiger partial charge in [-0.15, -0.1) is 0 Å². The minimum absolute atomic E-state index is 0.461. The Kier molecular flexibility index (Phi) is 2.59. The van der Waals surface area contributed by atoms with Crippen molar-refractivity contribution in [1.82, 2.24) is 9.97 Å². The topological polar surface area (TPSA) is 48.9 Å². The van der Waals surface area contributed by atoms with Crippen molar-refractivity contribution in [3.8, 4) is 5.75 Å². The van der Waals surface area contributed by atoms with Crippen LogP contribution in [0.15, 0.2) is 30.7 Å². The van der Waals surface area contributed by atoms with Crippen LogP contribution in [0.5, 0.6) is 5.75 Å². The molecule has 17 heavy (non-hydrogen) atoms. The molecule has 0 saturated heterocycles. The fraction of sp³-hybridized carbons (Fsp3) is 0.357. The van der Waals surface area contributed by atoms with E-state index in [4.69, 9.17) is 0 Å². The fourth-order valence-corrected chi connectivity index (χ4v) is 2.74. The first-order valence-electron chi connectivity index (χ1n) is 6.10. The van der Waals surface area contributed by atoms with E-state index in [1.807, 2.05) is 12.3 Å². The third-order valence-electron chi connectivity index (χ3n) is 3.62. The van der Waals surface area contributed by atoms with Crippen LogP contribution < -0.4 is 0 Å². The molecule has 1 heterocycles. The molecule has 88 valence electrons. The van der Waals surface area contributed by atoms with Gasteiger partial charge in [0.2, 0.25) is 0 Å². The highest BCUT2D eigenvalue weighted by Gasteiger charge is 2.21. The number of hydrogen-bond donors (Lipinski definition) is 2. The van der Waals surface area contributed by atoms with Gasteiger partial charge in [0.15, 0.2) is 0 Å². The number of aromatic nitrogens is 2. The summed E-state index contributed by atoms with van der Waals surface area (Å²) in [6.07, 6.45) is 7.87. The zero-order chi connectivity index (χ0) is 11.7. The number of imidazole rings is 1. The molecule has 1 aliphatic rings. The van der Waals surface area contributed by atoms with Crippen molar-refractivity contribution >= 4 is 0 Å². The maximum absolute atomic E-state index is 9.78. The molecule has 0 spiro atoms. The molecule has 1 atom stereocenters. The summed E-state index contributed by atoms with van der Waals surface area (Å²) >= 11 is 0. The third-order valence-corrected chi connectivity index (χ3v) is 3.62. The Morgan fingerprint density at radius 2 is 2.35 bits per heavy atom. The minimum atomic E-state index is 0.461. The fourth-order valence-electron chi connectivity index (χ4n) is 2.74. The van der Waals surface area contributed by atoms with Crippen molar-refractivity contribution < 1.29 is 5.11 Å². The molecule has 1 aromatic heterocycles. The summed E-state index contributed by atoms with van der Waals surface area (Å²) in [6, 6.07) is 5.86. The van der Waals surface area contributed by atoms with E-state index in [0.717, 1.165) is 31.2 Å². The number of phenols is 1. The quantitative estimate of drug-likeness (QED) is 0.829. The maximum Gasteiger partial charge on any atom is 0.119 e. The Balaban J connectivity index is 1.77. The molecule has 0 amide bonds. The van der Waals surface area contributed by atoms with Gasteiger partial charge in [-0.3, -0.25) is 0 Å². The van der Waals surface area contributed by atoms with Crippen LogP contribution in [0.3, 0.4) is 0 Å². The second-order valence-electron chi connectivity index (χ2n) is 4.80. The lowest BCUT2D eigenvalue weighted by Gasteiger charge is -2.24. The Morgan fingerprint density at radius 1 is 1.41 bits per heavy atom. The number of aromatic hydroxyl groups is 1. The molecule has 0 aliphatic heterocycles. The van der Waals surface area contributed by atoms with Crippen molar-refractivity contribution in [3.63, 3.8) is 0 Å². The smallest absolute Gasteiger partial charge is 0.119 e. The highest BCUT2D eigenvalue weighted by molar-refractivity contribution is 5.41. The molecule has 1 aliphatic carbocycles. The second kappa shape index (κ2) is 4.24. The zero-order valence-electron chi connectivity index (χ0n) is 9.69. The van der Waals surface area contributed by atoms with Gasteiger partial charge in [-0.05, 0) is 48.8 Å². The molecular weight excluding hydrogens is 212 g/mol. The van der Waals surface area contributed by atoms with Crippen molar-refractivity contribution in [2.75, 3.05) is 0 Å². The minimum Gasteiger partial charge on any atom is -0.508 e. The molecule has 0 saturated carbocycles. The number of H-pyrrole nitrogens is 1. The van der Waals surface area contributed by atoms with Crippen molar-refractivity contribution in [3.05, 3.63) is 47.5 Å². The number of hydrogen-bond acceptors (Lipinski definition) is 2. The first-order chi connectivity index (χ1) is 8.33. The Labute approximate surface area is 101 Å². The average molecular weight is 228 g/mol. The molecule has 3 nitrogen and oxygen atoms in total. The molecule has 3 heteroatoms. The molecule has 2 N–H and O–H groups in total. The first kappa shape index (κ1) is 10.4. The number of aromatic amines is 1. The number of fused-ring (bicyclic) bond motifs is 1. The molecule has 0 bridgehead atoms. The lowest BCUT2D eigenvalue weighted by atomic mass is 9.81. The number of nitrogens with zero attached hydrogens (tertiary/aromatic N) is 1. The lowest BCUT2D eigenvalue weighted by Crippen LogP contribution is -2.16. The van der Waals surface area contributed by atoms with Crippen LogP contribution in [-0.2, 0) is 19.3 Å². The molecular formula is C14H16N2O. The molecule has 1 unspecified atom stereocenters. The van der Waals surface area contributed by atoms with Crippen LogP contribution in [0, 0.1) is 5.92 Å². The summed E-state index contributed by atoms with van der Waals surface area (Å²) in [7, 11) is 0. The molecule has 3 rings (SSSR count). The van der Waals surface area contributed by atoms with E-state index in [2.05, 4.69) is 16.0 Å². The summed E-state index contributed by atoms with van der Waals surface area (Å²) < 4.78 is 0. The molecule has 0 fully saturated rings. The normalized spacial score (nSPS) is 18.9. The lowest BCUT2D eigenvalue weighted by molar-refractivity contribution is 0.424. The van der Waals surface area contributed by atoms with Gasteiger partial charge >= 0.3 is 0 Å². The summed E-state index contributed by atoms with van der Waals surface area (Å²) in [5, 5.41) is 9.78. The van der Waals surface area contributed by atoms with Gasteiger partial charge in [-0.25, -0.2) is 4.98 Å². The van der Waals surface area contributed by atoms with E-state index in [-0.39, 0.29) is 0 Å². The van der Waals surface area contributed by atoms with Gasteiger partial charge in [-0.1, -0.05) is 12.1 Å². The van der Waals surface area contributed by atoms with Gasteiger partial charge < -0.3 is 10.1 Å². The van der Waals surface area contributed by atoms with Crippen LogP contribution in [-0.4, -0.2) is 15.1 Å². The van der Waals surface area contributed by atoms with Crippen LogP contribution in [0.2, 0.25) is 0 Å². The highest BCUT2D eigenvalue weighted by Crippen LogP contribution is 2.32. The summed E-state index contributed by atoms with van der Waals surface area (Å²) in [5.74, 6) is 1.12. The number of nitrogens with one attached hydrogen (secondary N) is 1. The van der Waals surface area contributed by atoms with Crippen molar-refractivity contribution in [2.45, 2.75) is 25.7 Å². The number of phenolic OH excluding ortho intramolecular Hbond substituents is 1. The largest absolute Gasteiger partial charge is 0.508 e. The maximum atomic E-state index is 9.78. The standard InChI is InChI=1S/C14H16N2O/c17-14-3-1-2-11-6-10(4-5-13(11)14)7-12-8-15-9-16-12/h1-3,8-10,17H,4-7H2,(H,15,16). The first-order valence-corrected chi connectivity index (χ1v) is 6.10. The second-order valence-corrected chi connectivity index (χ2v) is 4.80. The number of benzene rings is 1. The van der Waals surface area contributed by atoms with Gasteiger partial charge in [0.1, 0.15) is 5.75 Å². The Hall–Kier alpha value is -1.77. The van der Waals surface area contributed by atoms with Gasteiger partial charge in [0.05, 0.1) is 6.33 Å². The third kappa shape index (κ3) is 2.05. The van der Waals surface area contributed by atoms with E-state index in [1.54, 1.807) is 12.4 Å². The monoisotopic (exact) mass is 228 g/mol. The Bertz CT molecular complexity index is 505. The SMILES string of the molecule is Oc1cccc2c1CCC(Cc1cnc[nH]1)C2. The average Bonchev–Trinajstić information content (AvgIpc) is 2.82. The van der Waals surface area contributed by atoms with Crippen molar-refractivity contribution in [1.29, 1.82) is 0 Å².